The fourth-order valence-corrected chi connectivity index (χ4v) is 2.46. The quantitative estimate of drug-likeness (QED) is 0.931. The van der Waals surface area contributed by atoms with Crippen molar-refractivity contribution in [3.05, 3.63) is 39.7 Å². The van der Waals surface area contributed by atoms with Crippen LogP contribution in [0.2, 0.25) is 0 Å². The van der Waals surface area contributed by atoms with Crippen LogP contribution in [0, 0.1) is 6.92 Å². The first kappa shape index (κ1) is 14.1. The van der Waals surface area contributed by atoms with Crippen LogP contribution in [0.1, 0.15) is 23.0 Å². The predicted molar refractivity (Wildman–Crippen MR) is 79.9 cm³/mol. The van der Waals surface area contributed by atoms with Gasteiger partial charge >= 0.3 is 5.97 Å². The summed E-state index contributed by atoms with van der Waals surface area (Å²) in [6, 6.07) is 5.50. The van der Waals surface area contributed by atoms with E-state index in [-0.39, 0.29) is 16.7 Å². The molecule has 5 heteroatoms. The number of aromatic carboxylic acids is 1. The molecule has 0 atom stereocenters. The maximum Gasteiger partial charge on any atom is 0.352 e. The smallest absolute Gasteiger partial charge is 0.352 e. The lowest BCUT2D eigenvalue weighted by Crippen LogP contribution is -2.22. The first-order chi connectivity index (χ1) is 9.38. The highest BCUT2D eigenvalue weighted by Gasteiger charge is 2.18. The topological polar surface area (TPSA) is 62.5 Å². The number of pyridine rings is 1. The van der Waals surface area contributed by atoms with Crippen LogP contribution < -0.4 is 10.3 Å². The zero-order valence-electron chi connectivity index (χ0n) is 12.1. The van der Waals surface area contributed by atoms with Gasteiger partial charge in [-0.1, -0.05) is 0 Å². The van der Waals surface area contributed by atoms with Gasteiger partial charge in [0.05, 0.1) is 5.52 Å². The highest BCUT2D eigenvalue weighted by atomic mass is 16.4. The molecule has 0 unspecified atom stereocenters. The van der Waals surface area contributed by atoms with Crippen molar-refractivity contribution in [3.63, 3.8) is 0 Å². The Balaban J connectivity index is 2.96. The lowest BCUT2D eigenvalue weighted by Gasteiger charge is -2.17. The van der Waals surface area contributed by atoms with Gasteiger partial charge in [-0.05, 0) is 32.0 Å². The highest BCUT2D eigenvalue weighted by Crippen LogP contribution is 2.21. The fourth-order valence-electron chi connectivity index (χ4n) is 2.46. The minimum absolute atomic E-state index is 0.0719. The maximum atomic E-state index is 12.4. The van der Waals surface area contributed by atoms with E-state index in [0.29, 0.717) is 17.4 Å². The molecule has 0 saturated carbocycles. The normalized spacial score (nSPS) is 10.8. The molecule has 0 aliphatic heterocycles. The third-order valence-electron chi connectivity index (χ3n) is 3.52. The summed E-state index contributed by atoms with van der Waals surface area (Å²) in [7, 11) is 3.80. The van der Waals surface area contributed by atoms with Crippen LogP contribution in [-0.4, -0.2) is 29.7 Å². The number of aromatic nitrogens is 1. The average molecular weight is 274 g/mol. The second-order valence-electron chi connectivity index (χ2n) is 4.95. The Labute approximate surface area is 117 Å². The number of carboxylic acids is 1. The molecule has 0 aliphatic carbocycles. The minimum atomic E-state index is -1.07. The van der Waals surface area contributed by atoms with Gasteiger partial charge < -0.3 is 14.6 Å². The molecule has 0 radical (unpaired) electrons. The fraction of sp³-hybridized carbons (Fsp3) is 0.333. The Morgan fingerprint density at radius 1 is 1.35 bits per heavy atom. The van der Waals surface area contributed by atoms with Gasteiger partial charge in [-0.3, -0.25) is 4.79 Å². The van der Waals surface area contributed by atoms with Gasteiger partial charge in [0.2, 0.25) is 0 Å². The second kappa shape index (κ2) is 5.00. The van der Waals surface area contributed by atoms with E-state index in [1.54, 1.807) is 17.6 Å². The first-order valence-corrected chi connectivity index (χ1v) is 6.46. The molecule has 20 heavy (non-hydrogen) atoms. The average Bonchev–Trinajstić information content (AvgIpc) is 2.41. The molecule has 106 valence electrons. The molecule has 0 aliphatic rings. The molecule has 1 aromatic carbocycles. The third-order valence-corrected chi connectivity index (χ3v) is 3.52. The van der Waals surface area contributed by atoms with Gasteiger partial charge in [0.25, 0.3) is 0 Å². The molecule has 0 saturated heterocycles. The Bertz CT molecular complexity index is 745. The van der Waals surface area contributed by atoms with Gasteiger partial charge in [-0.15, -0.1) is 0 Å². The molecular formula is C15H18N2O3. The van der Waals surface area contributed by atoms with Gasteiger partial charge in [0.15, 0.2) is 5.43 Å². The van der Waals surface area contributed by atoms with E-state index in [0.717, 1.165) is 5.69 Å². The maximum absolute atomic E-state index is 12.4. The summed E-state index contributed by atoms with van der Waals surface area (Å²) in [6.45, 7) is 3.94. The molecule has 1 N–H and O–H groups in total. The Morgan fingerprint density at radius 3 is 2.50 bits per heavy atom. The van der Waals surface area contributed by atoms with Gasteiger partial charge in [0.1, 0.15) is 5.69 Å². The summed E-state index contributed by atoms with van der Waals surface area (Å²) in [5.74, 6) is -1.07. The zero-order chi connectivity index (χ0) is 15.0. The molecule has 5 nitrogen and oxygen atoms in total. The van der Waals surface area contributed by atoms with Crippen molar-refractivity contribution >= 4 is 22.6 Å². The monoisotopic (exact) mass is 274 g/mol. The van der Waals surface area contributed by atoms with Crippen LogP contribution >= 0.6 is 0 Å². The van der Waals surface area contributed by atoms with Crippen LogP contribution in [-0.2, 0) is 6.54 Å². The van der Waals surface area contributed by atoms with Crippen molar-refractivity contribution in [3.8, 4) is 0 Å². The predicted octanol–water partition coefficient (Wildman–Crippen LogP) is 2.09. The number of rotatable bonds is 3. The number of benzene rings is 1. The molecule has 1 aromatic heterocycles. The number of anilines is 1. The Hall–Kier alpha value is -2.30. The summed E-state index contributed by atoms with van der Waals surface area (Å²) in [4.78, 5) is 25.7. The van der Waals surface area contributed by atoms with Gasteiger partial charge in [0, 0.05) is 37.3 Å². The Morgan fingerprint density at radius 2 is 2.00 bits per heavy atom. The van der Waals surface area contributed by atoms with E-state index in [1.807, 2.05) is 38.1 Å². The number of nitrogens with zero attached hydrogens (tertiary/aromatic N) is 2. The second-order valence-corrected chi connectivity index (χ2v) is 4.95. The van der Waals surface area contributed by atoms with E-state index in [2.05, 4.69) is 0 Å². The first-order valence-electron chi connectivity index (χ1n) is 6.46. The molecule has 2 aromatic rings. The van der Waals surface area contributed by atoms with Crippen molar-refractivity contribution in [2.24, 2.45) is 0 Å². The lowest BCUT2D eigenvalue weighted by molar-refractivity contribution is 0.0684. The van der Waals surface area contributed by atoms with Crippen LogP contribution in [0.4, 0.5) is 5.69 Å². The van der Waals surface area contributed by atoms with E-state index in [1.165, 1.54) is 0 Å². The van der Waals surface area contributed by atoms with Crippen LogP contribution in [0.15, 0.2) is 23.0 Å². The molecular weight excluding hydrogens is 256 g/mol. The van der Waals surface area contributed by atoms with Crippen LogP contribution in [0.25, 0.3) is 10.9 Å². The molecule has 0 fully saturated rings. The SMILES string of the molecule is CCn1c(C(=O)O)c(C)c(=O)c2cc(N(C)C)ccc21. The Kier molecular flexibility index (Phi) is 3.53. The van der Waals surface area contributed by atoms with E-state index in [4.69, 9.17) is 0 Å². The van der Waals surface area contributed by atoms with Crippen molar-refractivity contribution < 1.29 is 9.90 Å². The minimum Gasteiger partial charge on any atom is -0.477 e. The van der Waals surface area contributed by atoms with E-state index < -0.39 is 5.97 Å². The van der Waals surface area contributed by atoms with E-state index >= 15 is 0 Å². The molecule has 0 amide bonds. The van der Waals surface area contributed by atoms with Crippen molar-refractivity contribution in [1.82, 2.24) is 4.57 Å². The number of carbonyl (C=O) groups is 1. The van der Waals surface area contributed by atoms with Crippen molar-refractivity contribution in [2.45, 2.75) is 20.4 Å². The van der Waals surface area contributed by atoms with E-state index in [9.17, 15) is 14.7 Å². The molecule has 0 spiro atoms. The number of aryl methyl sites for hydroxylation is 1. The van der Waals surface area contributed by atoms with Crippen molar-refractivity contribution in [2.75, 3.05) is 19.0 Å². The number of hydrogen-bond donors (Lipinski definition) is 1. The standard InChI is InChI=1S/C15H18N2O3/c1-5-17-12-7-6-10(16(3)4)8-11(12)14(18)9(2)13(17)15(19)20/h6-8H,5H2,1-4H3,(H,19,20). The molecule has 0 bridgehead atoms. The third kappa shape index (κ3) is 2.05. The summed E-state index contributed by atoms with van der Waals surface area (Å²) < 4.78 is 1.67. The summed E-state index contributed by atoms with van der Waals surface area (Å²) >= 11 is 0. The zero-order valence-corrected chi connectivity index (χ0v) is 12.1. The van der Waals surface area contributed by atoms with Crippen LogP contribution in [0.5, 0.6) is 0 Å². The highest BCUT2D eigenvalue weighted by molar-refractivity contribution is 5.93. The molecule has 2 rings (SSSR count). The number of fused-ring (bicyclic) bond motifs is 1. The lowest BCUT2D eigenvalue weighted by atomic mass is 10.1. The van der Waals surface area contributed by atoms with Gasteiger partial charge in [-0.2, -0.15) is 0 Å². The summed E-state index contributed by atoms with van der Waals surface area (Å²) in [5.41, 5.74) is 1.71. The van der Waals surface area contributed by atoms with Crippen molar-refractivity contribution in [1.29, 1.82) is 0 Å². The summed E-state index contributed by atoms with van der Waals surface area (Å²) in [5, 5.41) is 9.89. The number of carboxylic acid groups (broad SMARTS) is 1. The largest absolute Gasteiger partial charge is 0.477 e. The summed E-state index contributed by atoms with van der Waals surface area (Å²) in [6.07, 6.45) is 0. The van der Waals surface area contributed by atoms with Gasteiger partial charge in [-0.25, -0.2) is 4.79 Å². The number of hydrogen-bond acceptors (Lipinski definition) is 3. The van der Waals surface area contributed by atoms with Crippen LogP contribution in [0.3, 0.4) is 0 Å². The molecule has 1 heterocycles.